The van der Waals surface area contributed by atoms with Gasteiger partial charge in [0.15, 0.2) is 0 Å². The highest BCUT2D eigenvalue weighted by molar-refractivity contribution is 6.01. The van der Waals surface area contributed by atoms with Crippen molar-refractivity contribution in [3.63, 3.8) is 0 Å². The standard InChI is InChI=1S/C16H16N2O4/c1-8-12(15(19)21-2)13(9-5-3-4-6-10(9)17)14-11(18-8)7-22-16(14)20/h3-6,13,18H,7,17H2,1-2H3. The van der Waals surface area contributed by atoms with Crippen molar-refractivity contribution in [1.29, 1.82) is 0 Å². The van der Waals surface area contributed by atoms with E-state index < -0.39 is 17.9 Å². The van der Waals surface area contributed by atoms with Gasteiger partial charge in [0.05, 0.1) is 29.9 Å². The van der Waals surface area contributed by atoms with Crippen molar-refractivity contribution in [2.75, 3.05) is 19.5 Å². The molecule has 0 radical (unpaired) electrons. The number of nitrogens with two attached hydrogens (primary N) is 1. The summed E-state index contributed by atoms with van der Waals surface area (Å²) in [4.78, 5) is 24.4. The lowest BCUT2D eigenvalue weighted by Gasteiger charge is -2.28. The number of carbonyl (C=O) groups excluding carboxylic acids is 2. The fourth-order valence-electron chi connectivity index (χ4n) is 2.93. The topological polar surface area (TPSA) is 90.6 Å². The zero-order chi connectivity index (χ0) is 15.9. The zero-order valence-electron chi connectivity index (χ0n) is 12.3. The molecule has 0 bridgehead atoms. The number of ether oxygens (including phenoxy) is 2. The molecule has 0 saturated heterocycles. The molecule has 3 rings (SSSR count). The SMILES string of the molecule is COC(=O)C1=C(C)NC2=C(C(=O)OC2)C1c1ccccc1N. The average molecular weight is 300 g/mol. The van der Waals surface area contributed by atoms with Gasteiger partial charge in [0, 0.05) is 11.4 Å². The third-order valence-electron chi connectivity index (χ3n) is 3.92. The number of dihydropyridines is 1. The first kappa shape index (κ1) is 14.2. The first-order valence-corrected chi connectivity index (χ1v) is 6.85. The van der Waals surface area contributed by atoms with E-state index in [0.29, 0.717) is 33.8 Å². The number of benzene rings is 1. The normalized spacial score (nSPS) is 20.5. The lowest BCUT2D eigenvalue weighted by Crippen LogP contribution is -2.30. The molecule has 6 nitrogen and oxygen atoms in total. The van der Waals surface area contributed by atoms with Crippen LogP contribution in [-0.4, -0.2) is 25.7 Å². The number of nitrogens with one attached hydrogen (secondary N) is 1. The smallest absolute Gasteiger partial charge is 0.337 e. The number of nitrogen functional groups attached to an aromatic ring is 1. The number of cyclic esters (lactones) is 1. The van der Waals surface area contributed by atoms with Crippen molar-refractivity contribution in [1.82, 2.24) is 5.32 Å². The number of carbonyl (C=O) groups is 2. The molecule has 3 N–H and O–H groups in total. The molecule has 2 aliphatic rings. The highest BCUT2D eigenvalue weighted by atomic mass is 16.5. The second-order valence-electron chi connectivity index (χ2n) is 5.19. The quantitative estimate of drug-likeness (QED) is 0.630. The number of hydrogen-bond acceptors (Lipinski definition) is 6. The second-order valence-corrected chi connectivity index (χ2v) is 5.19. The highest BCUT2D eigenvalue weighted by Gasteiger charge is 2.42. The van der Waals surface area contributed by atoms with E-state index in [0.717, 1.165) is 0 Å². The van der Waals surface area contributed by atoms with Crippen molar-refractivity contribution < 1.29 is 19.1 Å². The van der Waals surface area contributed by atoms with Gasteiger partial charge in [0.1, 0.15) is 6.61 Å². The molecule has 0 spiro atoms. The predicted octanol–water partition coefficient (Wildman–Crippen LogP) is 1.21. The summed E-state index contributed by atoms with van der Waals surface area (Å²) >= 11 is 0. The summed E-state index contributed by atoms with van der Waals surface area (Å²) in [5.41, 5.74) is 9.36. The van der Waals surface area contributed by atoms with Crippen molar-refractivity contribution in [2.45, 2.75) is 12.8 Å². The minimum absolute atomic E-state index is 0.170. The summed E-state index contributed by atoms with van der Waals surface area (Å²) in [5, 5.41) is 3.06. The largest absolute Gasteiger partial charge is 0.466 e. The van der Waals surface area contributed by atoms with Crippen LogP contribution in [0.5, 0.6) is 0 Å². The van der Waals surface area contributed by atoms with Crippen LogP contribution < -0.4 is 11.1 Å². The first-order valence-electron chi connectivity index (χ1n) is 6.85. The molecule has 0 amide bonds. The number of para-hydroxylation sites is 1. The van der Waals surface area contributed by atoms with Crippen LogP contribution in [0.4, 0.5) is 5.69 Å². The Hall–Kier alpha value is -2.76. The van der Waals surface area contributed by atoms with Gasteiger partial charge in [-0.3, -0.25) is 0 Å². The number of allylic oxidation sites excluding steroid dienone is 1. The van der Waals surface area contributed by atoms with E-state index in [9.17, 15) is 9.59 Å². The van der Waals surface area contributed by atoms with E-state index in [2.05, 4.69) is 5.32 Å². The Bertz CT molecular complexity index is 733. The number of methoxy groups -OCH3 is 1. The number of anilines is 1. The van der Waals surface area contributed by atoms with E-state index >= 15 is 0 Å². The van der Waals surface area contributed by atoms with E-state index in [1.807, 2.05) is 6.07 Å². The predicted molar refractivity (Wildman–Crippen MR) is 79.4 cm³/mol. The summed E-state index contributed by atoms with van der Waals surface area (Å²) in [6.45, 7) is 1.94. The van der Waals surface area contributed by atoms with Gasteiger partial charge in [0.2, 0.25) is 0 Å². The summed E-state index contributed by atoms with van der Waals surface area (Å²) in [7, 11) is 1.31. The van der Waals surface area contributed by atoms with Crippen molar-refractivity contribution in [3.8, 4) is 0 Å². The maximum Gasteiger partial charge on any atom is 0.337 e. The minimum atomic E-state index is -0.583. The third-order valence-corrected chi connectivity index (χ3v) is 3.92. The maximum absolute atomic E-state index is 12.2. The molecule has 1 unspecified atom stereocenters. The van der Waals surface area contributed by atoms with Crippen LogP contribution in [0.2, 0.25) is 0 Å². The van der Waals surface area contributed by atoms with E-state index in [4.69, 9.17) is 15.2 Å². The average Bonchev–Trinajstić information content (AvgIpc) is 2.87. The van der Waals surface area contributed by atoms with Gasteiger partial charge < -0.3 is 20.5 Å². The van der Waals surface area contributed by atoms with Crippen LogP contribution in [0.15, 0.2) is 46.8 Å². The van der Waals surface area contributed by atoms with Gasteiger partial charge >= 0.3 is 11.9 Å². The second kappa shape index (κ2) is 5.22. The summed E-state index contributed by atoms with van der Waals surface area (Å²) in [5.74, 6) is -1.52. The molecule has 0 fully saturated rings. The molecule has 1 atom stereocenters. The maximum atomic E-state index is 12.2. The Kier molecular flexibility index (Phi) is 3.36. The Morgan fingerprint density at radius 3 is 2.82 bits per heavy atom. The summed E-state index contributed by atoms with van der Waals surface area (Å²) in [6.07, 6.45) is 0. The number of rotatable bonds is 2. The molecule has 1 aromatic carbocycles. The molecule has 2 aliphatic heterocycles. The molecule has 22 heavy (non-hydrogen) atoms. The highest BCUT2D eigenvalue weighted by Crippen LogP contribution is 2.42. The summed E-state index contributed by atoms with van der Waals surface area (Å²) < 4.78 is 9.99. The third kappa shape index (κ3) is 2.04. The zero-order valence-corrected chi connectivity index (χ0v) is 12.3. The molecule has 6 heteroatoms. The van der Waals surface area contributed by atoms with E-state index in [-0.39, 0.29) is 6.61 Å². The number of esters is 2. The fraction of sp³-hybridized carbons (Fsp3) is 0.250. The lowest BCUT2D eigenvalue weighted by atomic mass is 9.80. The van der Waals surface area contributed by atoms with Gasteiger partial charge in [-0.05, 0) is 18.6 Å². The van der Waals surface area contributed by atoms with Gasteiger partial charge in [-0.25, -0.2) is 9.59 Å². The Morgan fingerprint density at radius 1 is 1.41 bits per heavy atom. The summed E-state index contributed by atoms with van der Waals surface area (Å²) in [6, 6.07) is 7.16. The molecule has 0 aliphatic carbocycles. The number of hydrogen-bond donors (Lipinski definition) is 2. The van der Waals surface area contributed by atoms with Crippen molar-refractivity contribution >= 4 is 17.6 Å². The molecular weight excluding hydrogens is 284 g/mol. The van der Waals surface area contributed by atoms with Gasteiger partial charge in [-0.15, -0.1) is 0 Å². The van der Waals surface area contributed by atoms with E-state index in [1.165, 1.54) is 7.11 Å². The Balaban J connectivity index is 2.22. The molecule has 1 aromatic rings. The van der Waals surface area contributed by atoms with Crippen LogP contribution in [-0.2, 0) is 19.1 Å². The van der Waals surface area contributed by atoms with Crippen LogP contribution in [0.25, 0.3) is 0 Å². The van der Waals surface area contributed by atoms with Crippen LogP contribution in [0, 0.1) is 0 Å². The van der Waals surface area contributed by atoms with Crippen LogP contribution >= 0.6 is 0 Å². The van der Waals surface area contributed by atoms with E-state index in [1.54, 1.807) is 25.1 Å². The van der Waals surface area contributed by atoms with Crippen LogP contribution in [0.3, 0.4) is 0 Å². The van der Waals surface area contributed by atoms with Crippen molar-refractivity contribution in [2.24, 2.45) is 0 Å². The fourth-order valence-corrected chi connectivity index (χ4v) is 2.93. The van der Waals surface area contributed by atoms with Gasteiger partial charge in [-0.1, -0.05) is 18.2 Å². The molecular formula is C16H16N2O4. The minimum Gasteiger partial charge on any atom is -0.466 e. The molecule has 0 aromatic heterocycles. The van der Waals surface area contributed by atoms with Crippen molar-refractivity contribution in [3.05, 3.63) is 52.4 Å². The van der Waals surface area contributed by atoms with Gasteiger partial charge in [-0.2, -0.15) is 0 Å². The molecule has 0 saturated carbocycles. The van der Waals surface area contributed by atoms with Crippen LogP contribution in [0.1, 0.15) is 18.4 Å². The Labute approximate surface area is 127 Å². The monoisotopic (exact) mass is 300 g/mol. The first-order chi connectivity index (χ1) is 10.5. The van der Waals surface area contributed by atoms with Gasteiger partial charge in [0.25, 0.3) is 0 Å². The molecule has 2 heterocycles. The molecule has 114 valence electrons. The lowest BCUT2D eigenvalue weighted by molar-refractivity contribution is -0.136. The Morgan fingerprint density at radius 2 is 2.14 bits per heavy atom.